The molecule has 0 spiro atoms. The maximum absolute atomic E-state index is 13.8. The van der Waals surface area contributed by atoms with E-state index in [0.29, 0.717) is 18.3 Å². The van der Waals surface area contributed by atoms with Crippen LogP contribution in [0.4, 0.5) is 4.79 Å². The molecule has 2 fully saturated rings. The summed E-state index contributed by atoms with van der Waals surface area (Å²) in [7, 11) is 1.30. The molecule has 14 nitrogen and oxygen atoms in total. The molecule has 0 saturated carbocycles. The maximum atomic E-state index is 13.8. The minimum atomic E-state index is -0.707. The molecule has 318 valence electrons. The number of carbonyl (C=O) groups excluding carboxylic acids is 2. The Labute approximate surface area is 355 Å². The molecule has 6 aromatic rings. The van der Waals surface area contributed by atoms with Crippen LogP contribution < -0.4 is 15.8 Å². The second-order valence-corrected chi connectivity index (χ2v) is 17.4. The number of amides is 2. The summed E-state index contributed by atoms with van der Waals surface area (Å²) in [6.45, 7) is 10.6. The highest BCUT2D eigenvalue weighted by Crippen LogP contribution is 2.46. The second kappa shape index (κ2) is 16.4. The smallest absolute Gasteiger partial charge is 0.407 e. The number of benzene rings is 3. The summed E-state index contributed by atoms with van der Waals surface area (Å²) in [5, 5.41) is 14.3. The quantitative estimate of drug-likeness (QED) is 0.0868. The molecule has 6 N–H and O–H groups in total. The van der Waals surface area contributed by atoms with E-state index >= 15 is 0 Å². The highest BCUT2D eigenvalue weighted by atomic mass is 16.5. The van der Waals surface area contributed by atoms with Gasteiger partial charge in [-0.1, -0.05) is 52.0 Å². The number of aromatic hydroxyl groups is 1. The lowest BCUT2D eigenvalue weighted by Crippen LogP contribution is -2.51. The molecular weight excluding hydrogens is 771 g/mol. The van der Waals surface area contributed by atoms with Crippen LogP contribution in [0.5, 0.6) is 11.5 Å². The number of ether oxygens (including phenoxy) is 2. The van der Waals surface area contributed by atoms with E-state index in [1.54, 1.807) is 12.1 Å². The van der Waals surface area contributed by atoms with Crippen LogP contribution >= 0.6 is 0 Å². The highest BCUT2D eigenvalue weighted by Gasteiger charge is 2.38. The molecule has 2 amide bonds. The molecule has 3 aliphatic rings. The number of hydrogen-bond acceptors (Lipinski definition) is 9. The zero-order chi connectivity index (χ0) is 42.5. The minimum absolute atomic E-state index is 0.113. The van der Waals surface area contributed by atoms with E-state index in [9.17, 15) is 14.7 Å². The van der Waals surface area contributed by atoms with Crippen molar-refractivity contribution >= 4 is 22.9 Å². The second-order valence-electron chi connectivity index (χ2n) is 17.4. The molecular formula is C47H55N9O5. The van der Waals surface area contributed by atoms with Crippen LogP contribution in [0.15, 0.2) is 79.1 Å². The van der Waals surface area contributed by atoms with Crippen LogP contribution in [-0.2, 0) is 9.53 Å². The van der Waals surface area contributed by atoms with Crippen LogP contribution in [0, 0.1) is 11.8 Å². The predicted molar refractivity (Wildman–Crippen MR) is 234 cm³/mol. The van der Waals surface area contributed by atoms with Gasteiger partial charge in [-0.3, -0.25) is 9.69 Å². The van der Waals surface area contributed by atoms with E-state index in [4.69, 9.17) is 25.2 Å². The number of methoxy groups -OCH3 is 1. The topological polar surface area (TPSA) is 180 Å². The third kappa shape index (κ3) is 7.63. The first-order chi connectivity index (χ1) is 29.5. The molecule has 0 bridgehead atoms. The number of H-pyrrole nitrogens is 2. The van der Waals surface area contributed by atoms with Gasteiger partial charge in [0, 0.05) is 46.8 Å². The third-order valence-corrected chi connectivity index (χ3v) is 12.8. The molecule has 3 aromatic carbocycles. The summed E-state index contributed by atoms with van der Waals surface area (Å²) in [4.78, 5) is 46.9. The Morgan fingerprint density at radius 3 is 2.33 bits per heavy atom. The van der Waals surface area contributed by atoms with Crippen molar-refractivity contribution in [3.63, 3.8) is 0 Å². The van der Waals surface area contributed by atoms with E-state index in [2.05, 4.69) is 81.1 Å². The van der Waals surface area contributed by atoms with Gasteiger partial charge in [0.1, 0.15) is 29.2 Å². The summed E-state index contributed by atoms with van der Waals surface area (Å²) < 4.78 is 13.9. The third-order valence-electron chi connectivity index (χ3n) is 12.8. The van der Waals surface area contributed by atoms with Crippen molar-refractivity contribution in [2.45, 2.75) is 83.8 Å². The number of phenols is 1. The fraction of sp³-hybridized carbons (Fsp3) is 0.404. The van der Waals surface area contributed by atoms with Crippen molar-refractivity contribution in [2.24, 2.45) is 17.6 Å². The zero-order valence-corrected chi connectivity index (χ0v) is 35.4. The molecule has 2 saturated heterocycles. The van der Waals surface area contributed by atoms with Crippen molar-refractivity contribution in [2.75, 3.05) is 26.7 Å². The molecule has 0 aliphatic carbocycles. The number of hydrogen-bond donors (Lipinski definition) is 5. The number of imidazole rings is 2. The van der Waals surface area contributed by atoms with Gasteiger partial charge >= 0.3 is 6.09 Å². The van der Waals surface area contributed by atoms with E-state index in [1.165, 1.54) is 7.11 Å². The van der Waals surface area contributed by atoms with Crippen molar-refractivity contribution in [3.05, 3.63) is 96.3 Å². The van der Waals surface area contributed by atoms with Crippen molar-refractivity contribution in [3.8, 4) is 45.3 Å². The number of rotatable bonds is 11. The number of aromatic nitrogens is 5. The van der Waals surface area contributed by atoms with Crippen molar-refractivity contribution in [1.82, 2.24) is 39.6 Å². The molecule has 14 heteroatoms. The number of nitrogens with one attached hydrogen (secondary N) is 3. The lowest BCUT2D eigenvalue weighted by molar-refractivity contribution is -0.135. The van der Waals surface area contributed by atoms with E-state index in [-0.39, 0.29) is 35.7 Å². The van der Waals surface area contributed by atoms with Crippen molar-refractivity contribution < 1.29 is 24.2 Å². The van der Waals surface area contributed by atoms with Crippen LogP contribution in [-0.4, -0.2) is 90.2 Å². The van der Waals surface area contributed by atoms with Crippen LogP contribution in [0.3, 0.4) is 0 Å². The summed E-state index contributed by atoms with van der Waals surface area (Å²) in [6, 6.07) is 21.4. The van der Waals surface area contributed by atoms with Gasteiger partial charge in [0.05, 0.1) is 54.2 Å². The number of fused-ring (bicyclic) bond motifs is 5. The fourth-order valence-electron chi connectivity index (χ4n) is 9.27. The summed E-state index contributed by atoms with van der Waals surface area (Å²) in [6.07, 6.45) is 6.32. The summed E-state index contributed by atoms with van der Waals surface area (Å²) >= 11 is 0. The monoisotopic (exact) mass is 825 g/mol. The normalized spacial score (nSPS) is 19.9. The number of alkyl carbamates (subject to hydrolysis) is 1. The molecule has 3 aliphatic heterocycles. The molecule has 61 heavy (non-hydrogen) atoms. The molecule has 0 radical (unpaired) electrons. The average molecular weight is 826 g/mol. The van der Waals surface area contributed by atoms with E-state index in [1.807, 2.05) is 43.3 Å². The number of aromatic amines is 2. The highest BCUT2D eigenvalue weighted by molar-refractivity contribution is 5.92. The fourth-order valence-corrected chi connectivity index (χ4v) is 9.27. The number of nitrogens with two attached hydrogens (primary N) is 1. The van der Waals surface area contributed by atoms with Crippen LogP contribution in [0.25, 0.3) is 44.7 Å². The predicted octanol–water partition coefficient (Wildman–Crippen LogP) is 7.90. The van der Waals surface area contributed by atoms with Gasteiger partial charge in [-0.05, 0) is 86.5 Å². The van der Waals surface area contributed by atoms with Crippen LogP contribution in [0.1, 0.15) is 88.9 Å². The molecule has 5 unspecified atom stereocenters. The Balaban J connectivity index is 1.02. The number of nitrogens with zero attached hydrogens (tertiary/aromatic N) is 5. The first kappa shape index (κ1) is 40.3. The standard InChI is InChI=1S/C47H55N9O5/c1-26(2)34(48)25-54-17-7-11-38(54)43-49-24-36(51-43)29-13-15-33-40-21-31-19-28(14-16-37(31)56(40)46(61-41(33)22-29)30-9-6-10-32(57)20-30)35-23-50-44(52-35)39-12-8-18-55(39)45(58)42(27(3)4)53-47(59)60-5/h6,9-10,13-16,19-24,26-27,34,38-39,42,46,57H,7-8,11-12,17-18,25,48H2,1-5H3,(H,49,51)(H,50,52)(H,53,59). The lowest BCUT2D eigenvalue weighted by atomic mass is 10.0. The average Bonchev–Trinajstić information content (AvgIpc) is 4.11. The molecule has 5 atom stereocenters. The SMILES string of the molecule is COC(=O)NC(C(=O)N1CCCC1c1ncc(-c2ccc3c(c2)cc2n3C(c3cccc(O)c3)Oc3cc(-c4cnc(C5CCCN5CC(N)C(C)C)[nH]4)ccc3-2)[nH]1)C(C)C. The number of phenolic OH excluding ortho intramolecular Hbond substituents is 1. The maximum Gasteiger partial charge on any atom is 0.407 e. The molecule has 6 heterocycles. The Morgan fingerprint density at radius 2 is 1.61 bits per heavy atom. The van der Waals surface area contributed by atoms with Gasteiger partial charge in [0.25, 0.3) is 0 Å². The van der Waals surface area contributed by atoms with Gasteiger partial charge < -0.3 is 45.1 Å². The first-order valence-corrected chi connectivity index (χ1v) is 21.5. The van der Waals surface area contributed by atoms with E-state index in [0.717, 1.165) is 101 Å². The van der Waals surface area contributed by atoms with Gasteiger partial charge in [0.2, 0.25) is 12.1 Å². The summed E-state index contributed by atoms with van der Waals surface area (Å²) in [5.74, 6) is 2.71. The van der Waals surface area contributed by atoms with E-state index < -0.39 is 18.4 Å². The van der Waals surface area contributed by atoms with Gasteiger partial charge in [-0.15, -0.1) is 0 Å². The summed E-state index contributed by atoms with van der Waals surface area (Å²) in [5.41, 5.74) is 13.9. The molecule has 3 aromatic heterocycles. The number of carbonyl (C=O) groups is 2. The Kier molecular flexibility index (Phi) is 10.8. The Morgan fingerprint density at radius 1 is 0.902 bits per heavy atom. The Hall–Kier alpha value is -6.12. The molecule has 9 rings (SSSR count). The number of likely N-dealkylation sites (tertiary alicyclic amines) is 2. The zero-order valence-electron chi connectivity index (χ0n) is 35.4. The van der Waals surface area contributed by atoms with Crippen LogP contribution in [0.2, 0.25) is 0 Å². The van der Waals surface area contributed by atoms with Crippen molar-refractivity contribution in [1.29, 1.82) is 0 Å². The minimum Gasteiger partial charge on any atom is -0.508 e. The Bertz CT molecular complexity index is 2570. The van der Waals surface area contributed by atoms with Gasteiger partial charge in [-0.2, -0.15) is 0 Å². The first-order valence-electron chi connectivity index (χ1n) is 21.5. The lowest BCUT2D eigenvalue weighted by Gasteiger charge is -2.30. The largest absolute Gasteiger partial charge is 0.508 e. The van der Waals surface area contributed by atoms with Gasteiger partial charge in [0.15, 0.2) is 0 Å². The van der Waals surface area contributed by atoms with Gasteiger partial charge in [-0.25, -0.2) is 14.8 Å².